The Hall–Kier alpha value is -3.29. The van der Waals surface area contributed by atoms with Gasteiger partial charge in [0.05, 0.1) is 11.3 Å². The topological polar surface area (TPSA) is 56.1 Å². The van der Waals surface area contributed by atoms with E-state index < -0.39 is 17.6 Å². The Balaban J connectivity index is 1.68. The van der Waals surface area contributed by atoms with Gasteiger partial charge in [-0.05, 0) is 36.8 Å². The number of carbonyl (C=O) groups is 1. The van der Waals surface area contributed by atoms with Crippen molar-refractivity contribution >= 4 is 11.6 Å². The maximum absolute atomic E-state index is 13.0. The number of amides is 1. The van der Waals surface area contributed by atoms with E-state index in [1.807, 2.05) is 25.1 Å². The second-order valence-electron chi connectivity index (χ2n) is 5.78. The summed E-state index contributed by atoms with van der Waals surface area (Å²) < 4.78 is 46.0. The van der Waals surface area contributed by atoms with Gasteiger partial charge < -0.3 is 10.1 Å². The van der Waals surface area contributed by atoms with E-state index in [4.69, 9.17) is 4.74 Å². The number of benzene rings is 2. The number of para-hydroxylation sites is 2. The van der Waals surface area contributed by atoms with Gasteiger partial charge in [-0.2, -0.15) is 18.3 Å². The Kier molecular flexibility index (Phi) is 5.16. The minimum Gasteiger partial charge on any atom is -0.471 e. The number of halogens is 3. The Morgan fingerprint density at radius 2 is 1.81 bits per heavy atom. The van der Waals surface area contributed by atoms with Crippen LogP contribution in [0.2, 0.25) is 0 Å². The predicted octanol–water partition coefficient (Wildman–Crippen LogP) is 4.50. The molecule has 5 nitrogen and oxygen atoms in total. The number of aromatic nitrogens is 2. The summed E-state index contributed by atoms with van der Waals surface area (Å²) >= 11 is 0. The van der Waals surface area contributed by atoms with Crippen molar-refractivity contribution in [3.8, 4) is 5.75 Å². The molecule has 0 aliphatic rings. The number of nitrogens with zero attached hydrogens (tertiary/aromatic N) is 2. The molecule has 0 bridgehead atoms. The molecule has 1 heterocycles. The minimum atomic E-state index is -4.56. The number of hydrogen-bond acceptors (Lipinski definition) is 3. The van der Waals surface area contributed by atoms with Gasteiger partial charge in [0.1, 0.15) is 5.75 Å². The number of alkyl halides is 3. The van der Waals surface area contributed by atoms with Gasteiger partial charge in [-0.1, -0.05) is 30.3 Å². The van der Waals surface area contributed by atoms with Crippen LogP contribution in [0.5, 0.6) is 5.75 Å². The summed E-state index contributed by atoms with van der Waals surface area (Å²) in [6.07, 6.45) is -3.05. The lowest BCUT2D eigenvalue weighted by Crippen LogP contribution is -2.17. The zero-order valence-electron chi connectivity index (χ0n) is 14.3. The van der Waals surface area contributed by atoms with Gasteiger partial charge in [-0.3, -0.25) is 4.79 Å². The van der Waals surface area contributed by atoms with Crippen LogP contribution < -0.4 is 10.1 Å². The summed E-state index contributed by atoms with van der Waals surface area (Å²) in [4.78, 5) is 12.2. The lowest BCUT2D eigenvalue weighted by molar-refractivity contribution is -0.136. The third kappa shape index (κ3) is 4.46. The number of aryl methyl sites for hydroxylation is 1. The normalized spacial score (nSPS) is 11.3. The molecule has 8 heteroatoms. The van der Waals surface area contributed by atoms with E-state index in [0.29, 0.717) is 5.75 Å². The van der Waals surface area contributed by atoms with Gasteiger partial charge in [0.15, 0.2) is 12.4 Å². The van der Waals surface area contributed by atoms with E-state index in [1.165, 1.54) is 35.1 Å². The molecule has 0 aliphatic heterocycles. The number of anilines is 1. The van der Waals surface area contributed by atoms with Crippen LogP contribution in [-0.2, 0) is 12.9 Å². The fraction of sp³-hybridized carbons (Fsp3) is 0.158. The molecule has 0 atom stereocenters. The first-order chi connectivity index (χ1) is 12.8. The molecule has 140 valence electrons. The van der Waals surface area contributed by atoms with Crippen LogP contribution >= 0.6 is 0 Å². The molecule has 1 aromatic heterocycles. The molecule has 0 saturated heterocycles. The SMILES string of the molecule is Cc1ccccc1OCn1ccc(C(=O)Nc2ccccc2C(F)(F)F)n1. The number of nitrogens with one attached hydrogen (secondary N) is 1. The molecule has 27 heavy (non-hydrogen) atoms. The summed E-state index contributed by atoms with van der Waals surface area (Å²) in [7, 11) is 0. The highest BCUT2D eigenvalue weighted by atomic mass is 19.4. The van der Waals surface area contributed by atoms with Gasteiger partial charge in [-0.25, -0.2) is 4.68 Å². The molecule has 0 saturated carbocycles. The molecule has 1 N–H and O–H groups in total. The Bertz CT molecular complexity index is 951. The van der Waals surface area contributed by atoms with Crippen LogP contribution in [0.1, 0.15) is 21.6 Å². The van der Waals surface area contributed by atoms with Crippen molar-refractivity contribution in [1.29, 1.82) is 0 Å². The molecule has 0 unspecified atom stereocenters. The molecular weight excluding hydrogens is 359 g/mol. The standard InChI is InChI=1S/C19H16F3N3O2/c1-13-6-2-5-9-17(13)27-12-25-11-10-16(24-25)18(26)23-15-8-4-3-7-14(15)19(20,21)22/h2-11H,12H2,1H3,(H,23,26). The van der Waals surface area contributed by atoms with Crippen molar-refractivity contribution in [2.75, 3.05) is 5.32 Å². The van der Waals surface area contributed by atoms with Gasteiger partial charge in [0, 0.05) is 6.20 Å². The van der Waals surface area contributed by atoms with Crippen LogP contribution in [0.4, 0.5) is 18.9 Å². The maximum atomic E-state index is 13.0. The van der Waals surface area contributed by atoms with Gasteiger partial charge in [0.2, 0.25) is 0 Å². The number of carbonyl (C=O) groups excluding carboxylic acids is 1. The summed E-state index contributed by atoms with van der Waals surface area (Å²) in [6, 6.07) is 13.6. The highest BCUT2D eigenvalue weighted by molar-refractivity contribution is 6.03. The highest BCUT2D eigenvalue weighted by Gasteiger charge is 2.33. The summed E-state index contributed by atoms with van der Waals surface area (Å²) in [6.45, 7) is 1.96. The average molecular weight is 375 g/mol. The lowest BCUT2D eigenvalue weighted by Gasteiger charge is -2.12. The van der Waals surface area contributed by atoms with Crippen molar-refractivity contribution in [3.05, 3.63) is 77.6 Å². The number of rotatable bonds is 5. The Morgan fingerprint density at radius 3 is 2.56 bits per heavy atom. The average Bonchev–Trinajstić information content (AvgIpc) is 3.10. The quantitative estimate of drug-likeness (QED) is 0.714. The van der Waals surface area contributed by atoms with Crippen LogP contribution in [-0.4, -0.2) is 15.7 Å². The van der Waals surface area contributed by atoms with Gasteiger partial charge >= 0.3 is 6.18 Å². The fourth-order valence-corrected chi connectivity index (χ4v) is 2.43. The smallest absolute Gasteiger partial charge is 0.418 e. The fourth-order valence-electron chi connectivity index (χ4n) is 2.43. The van der Waals surface area contributed by atoms with E-state index in [2.05, 4.69) is 10.4 Å². The van der Waals surface area contributed by atoms with Crippen molar-refractivity contribution in [3.63, 3.8) is 0 Å². The van der Waals surface area contributed by atoms with Crippen LogP contribution in [0.15, 0.2) is 60.8 Å². The molecule has 3 aromatic rings. The predicted molar refractivity (Wildman–Crippen MR) is 93.4 cm³/mol. The van der Waals surface area contributed by atoms with E-state index in [-0.39, 0.29) is 18.1 Å². The third-order valence-electron chi connectivity index (χ3n) is 3.80. The van der Waals surface area contributed by atoms with Crippen molar-refractivity contribution in [1.82, 2.24) is 9.78 Å². The third-order valence-corrected chi connectivity index (χ3v) is 3.80. The molecule has 0 radical (unpaired) electrons. The van der Waals surface area contributed by atoms with Gasteiger partial charge in [-0.15, -0.1) is 0 Å². The number of hydrogen-bond donors (Lipinski definition) is 1. The number of ether oxygens (including phenoxy) is 1. The van der Waals surface area contributed by atoms with Crippen LogP contribution in [0.3, 0.4) is 0 Å². The molecule has 1 amide bonds. The first-order valence-corrected chi connectivity index (χ1v) is 8.04. The molecule has 0 aliphatic carbocycles. The highest BCUT2D eigenvalue weighted by Crippen LogP contribution is 2.34. The molecule has 3 rings (SSSR count). The molecule has 2 aromatic carbocycles. The van der Waals surface area contributed by atoms with Gasteiger partial charge in [0.25, 0.3) is 5.91 Å². The van der Waals surface area contributed by atoms with Crippen molar-refractivity contribution in [2.45, 2.75) is 19.8 Å². The first-order valence-electron chi connectivity index (χ1n) is 8.04. The monoisotopic (exact) mass is 375 g/mol. The van der Waals surface area contributed by atoms with E-state index in [1.54, 1.807) is 6.07 Å². The second kappa shape index (κ2) is 7.53. The van der Waals surface area contributed by atoms with E-state index in [0.717, 1.165) is 11.6 Å². The van der Waals surface area contributed by atoms with Crippen molar-refractivity contribution in [2.24, 2.45) is 0 Å². The Morgan fingerprint density at radius 1 is 1.11 bits per heavy atom. The molecule has 0 spiro atoms. The molecule has 0 fully saturated rings. The zero-order chi connectivity index (χ0) is 19.4. The largest absolute Gasteiger partial charge is 0.471 e. The van der Waals surface area contributed by atoms with Crippen LogP contribution in [0.25, 0.3) is 0 Å². The lowest BCUT2D eigenvalue weighted by atomic mass is 10.1. The maximum Gasteiger partial charge on any atom is 0.418 e. The summed E-state index contributed by atoms with van der Waals surface area (Å²) in [5, 5.41) is 6.30. The van der Waals surface area contributed by atoms with E-state index in [9.17, 15) is 18.0 Å². The van der Waals surface area contributed by atoms with Crippen molar-refractivity contribution < 1.29 is 22.7 Å². The second-order valence-corrected chi connectivity index (χ2v) is 5.78. The Labute approximate surface area is 153 Å². The molecular formula is C19H16F3N3O2. The minimum absolute atomic E-state index is 0.0136. The van der Waals surface area contributed by atoms with E-state index >= 15 is 0 Å². The summed E-state index contributed by atoms with van der Waals surface area (Å²) in [5.74, 6) is -0.0561. The summed E-state index contributed by atoms with van der Waals surface area (Å²) in [5.41, 5.74) is -0.298. The van der Waals surface area contributed by atoms with Crippen LogP contribution in [0, 0.1) is 6.92 Å². The first kappa shape index (κ1) is 18.5. The zero-order valence-corrected chi connectivity index (χ0v) is 14.3.